The summed E-state index contributed by atoms with van der Waals surface area (Å²) in [4.78, 5) is 14.5. The number of ether oxygens (including phenoxy) is 1. The molecule has 2 aliphatic carbocycles. The van der Waals surface area contributed by atoms with Crippen LogP contribution in [-0.4, -0.2) is 33.0 Å². The first kappa shape index (κ1) is 28.3. The minimum Gasteiger partial charge on any atom is -0.464 e. The fourth-order valence-corrected chi connectivity index (χ4v) is 7.43. The van der Waals surface area contributed by atoms with Gasteiger partial charge in [-0.15, -0.1) is 5.10 Å². The zero-order valence-electron chi connectivity index (χ0n) is 24.2. The number of benzene rings is 3. The molecular weight excluding hydrogens is 540 g/mol. The van der Waals surface area contributed by atoms with Crippen LogP contribution in [-0.2, 0) is 24.2 Å². The highest BCUT2D eigenvalue weighted by atomic mass is 32.2. The molecule has 1 N–H and O–H groups in total. The van der Waals surface area contributed by atoms with E-state index in [1.807, 2.05) is 35.8 Å². The van der Waals surface area contributed by atoms with Crippen LogP contribution < -0.4 is 10.1 Å². The molecule has 216 valence electrons. The first-order valence-corrected chi connectivity index (χ1v) is 16.1. The highest BCUT2D eigenvalue weighted by molar-refractivity contribution is 7.99. The highest BCUT2D eigenvalue weighted by Gasteiger charge is 2.46. The quantitative estimate of drug-likeness (QED) is 0.203. The average Bonchev–Trinajstić information content (AvgIpc) is 3.42. The van der Waals surface area contributed by atoms with Crippen molar-refractivity contribution in [2.75, 3.05) is 12.4 Å². The lowest BCUT2D eigenvalue weighted by Gasteiger charge is -2.44. The third-order valence-electron chi connectivity index (χ3n) is 8.47. The number of nitrogens with zero attached hydrogens (tertiary/aromatic N) is 3. The molecule has 0 unspecified atom stereocenters. The molecular formula is C35H38N4O2S. The second kappa shape index (κ2) is 13.0. The van der Waals surface area contributed by atoms with Gasteiger partial charge in [0.15, 0.2) is 5.16 Å². The third-order valence-corrected chi connectivity index (χ3v) is 9.40. The van der Waals surface area contributed by atoms with Crippen molar-refractivity contribution in [1.82, 2.24) is 20.1 Å². The predicted octanol–water partition coefficient (Wildman–Crippen LogP) is 7.09. The summed E-state index contributed by atoms with van der Waals surface area (Å²) in [6, 6.07) is 29.6. The molecule has 3 aromatic carbocycles. The Labute approximate surface area is 252 Å². The summed E-state index contributed by atoms with van der Waals surface area (Å²) >= 11 is 1.66. The average molecular weight is 579 g/mol. The van der Waals surface area contributed by atoms with Gasteiger partial charge in [0.1, 0.15) is 0 Å². The molecule has 0 bridgehead atoms. The van der Waals surface area contributed by atoms with Gasteiger partial charge in [0.2, 0.25) is 5.91 Å². The predicted molar refractivity (Wildman–Crippen MR) is 168 cm³/mol. The number of rotatable bonds is 10. The van der Waals surface area contributed by atoms with E-state index in [9.17, 15) is 4.79 Å². The Hall–Kier alpha value is -3.84. The lowest BCUT2D eigenvalue weighted by Crippen LogP contribution is -2.41. The van der Waals surface area contributed by atoms with Gasteiger partial charge in [-0.25, -0.2) is 4.57 Å². The standard InChI is InChI=1S/C35H38N4O2S/c1-2-41-33-37-38-34(42-23-20-26-14-6-3-7-15-26)39(33)31-29-19-11-10-18-28(29)24-35(21-12-5-13-22-35)30(31)32(40)36-25-27-16-8-4-9-17-27/h3-4,6-11,14-19H,2,5,12-13,20-25H2,1H3,(H,36,40). The van der Waals surface area contributed by atoms with Gasteiger partial charge < -0.3 is 10.1 Å². The maximum absolute atomic E-state index is 14.5. The van der Waals surface area contributed by atoms with Crippen molar-refractivity contribution in [1.29, 1.82) is 0 Å². The van der Waals surface area contributed by atoms with Gasteiger partial charge >= 0.3 is 6.01 Å². The van der Waals surface area contributed by atoms with Crippen molar-refractivity contribution < 1.29 is 9.53 Å². The minimum atomic E-state index is -0.248. The van der Waals surface area contributed by atoms with Gasteiger partial charge in [-0.05, 0) is 49.3 Å². The second-order valence-corrected chi connectivity index (χ2v) is 12.2. The first-order chi connectivity index (χ1) is 20.7. The van der Waals surface area contributed by atoms with Gasteiger partial charge in [-0.2, -0.15) is 0 Å². The zero-order chi connectivity index (χ0) is 28.8. The molecule has 2 aliphatic rings. The summed E-state index contributed by atoms with van der Waals surface area (Å²) in [6.07, 6.45) is 7.18. The normalized spacial score (nSPS) is 15.8. The van der Waals surface area contributed by atoms with E-state index >= 15 is 0 Å². The number of carbonyl (C=O) groups excluding carboxylic acids is 1. The monoisotopic (exact) mass is 578 g/mol. The van der Waals surface area contributed by atoms with E-state index in [1.165, 1.54) is 17.5 Å². The van der Waals surface area contributed by atoms with Crippen molar-refractivity contribution in [3.8, 4) is 6.01 Å². The molecule has 1 fully saturated rings. The van der Waals surface area contributed by atoms with Crippen molar-refractivity contribution in [3.63, 3.8) is 0 Å². The Balaban J connectivity index is 1.47. The summed E-state index contributed by atoms with van der Waals surface area (Å²) < 4.78 is 8.13. The van der Waals surface area contributed by atoms with E-state index in [-0.39, 0.29) is 11.3 Å². The summed E-state index contributed by atoms with van der Waals surface area (Å²) in [5.41, 5.74) is 6.17. The summed E-state index contributed by atoms with van der Waals surface area (Å²) in [7, 11) is 0. The highest BCUT2D eigenvalue weighted by Crippen LogP contribution is 2.52. The molecule has 1 saturated carbocycles. The summed E-state index contributed by atoms with van der Waals surface area (Å²) in [5.74, 6) is 0.825. The first-order valence-electron chi connectivity index (χ1n) is 15.1. The van der Waals surface area contributed by atoms with Crippen LogP contribution in [0.3, 0.4) is 0 Å². The smallest absolute Gasteiger partial charge is 0.322 e. The molecule has 4 aromatic rings. The minimum absolute atomic E-state index is 0.0124. The fraction of sp³-hybridized carbons (Fsp3) is 0.343. The van der Waals surface area contributed by atoms with Gasteiger partial charge in [0.05, 0.1) is 12.3 Å². The number of aromatic nitrogens is 3. The molecule has 0 atom stereocenters. The van der Waals surface area contributed by atoms with Crippen molar-refractivity contribution >= 4 is 23.4 Å². The molecule has 6 rings (SSSR count). The van der Waals surface area contributed by atoms with Gasteiger partial charge in [0.25, 0.3) is 0 Å². The Morgan fingerprint density at radius 2 is 1.60 bits per heavy atom. The molecule has 1 amide bonds. The lowest BCUT2D eigenvalue weighted by molar-refractivity contribution is -0.119. The van der Waals surface area contributed by atoms with Crippen LogP contribution in [0.5, 0.6) is 6.01 Å². The van der Waals surface area contributed by atoms with Crippen LogP contribution in [0.1, 0.15) is 61.3 Å². The van der Waals surface area contributed by atoms with Crippen LogP contribution in [0, 0.1) is 5.41 Å². The van der Waals surface area contributed by atoms with Crippen molar-refractivity contribution in [2.45, 2.75) is 63.6 Å². The second-order valence-electron chi connectivity index (χ2n) is 11.2. The largest absolute Gasteiger partial charge is 0.464 e. The van der Waals surface area contributed by atoms with Crippen molar-refractivity contribution in [3.05, 3.63) is 113 Å². The van der Waals surface area contributed by atoms with E-state index in [2.05, 4.69) is 76.2 Å². The molecule has 1 spiro atoms. The number of aryl methyl sites for hydroxylation is 1. The number of nitrogens with one attached hydrogen (secondary N) is 1. The summed E-state index contributed by atoms with van der Waals surface area (Å²) in [5, 5.41) is 13.2. The third kappa shape index (κ3) is 5.88. The van der Waals surface area contributed by atoms with E-state index in [1.54, 1.807) is 11.8 Å². The topological polar surface area (TPSA) is 69.0 Å². The molecule has 0 saturated heterocycles. The fourth-order valence-electron chi connectivity index (χ4n) is 6.52. The van der Waals surface area contributed by atoms with Crippen LogP contribution >= 0.6 is 11.8 Å². The van der Waals surface area contributed by atoms with E-state index in [4.69, 9.17) is 4.74 Å². The van der Waals surface area contributed by atoms with Crippen LogP contribution in [0.15, 0.2) is 95.7 Å². The van der Waals surface area contributed by atoms with E-state index < -0.39 is 0 Å². The zero-order valence-corrected chi connectivity index (χ0v) is 25.0. The van der Waals surface area contributed by atoms with E-state index in [0.717, 1.165) is 71.8 Å². The molecule has 0 aliphatic heterocycles. The van der Waals surface area contributed by atoms with Gasteiger partial charge in [-0.3, -0.25) is 4.79 Å². The van der Waals surface area contributed by atoms with E-state index in [0.29, 0.717) is 19.2 Å². The number of thioether (sulfide) groups is 1. The van der Waals surface area contributed by atoms with Gasteiger partial charge in [-0.1, -0.05) is 121 Å². The number of hydrogen-bond acceptors (Lipinski definition) is 5. The van der Waals surface area contributed by atoms with Crippen molar-refractivity contribution in [2.24, 2.45) is 5.41 Å². The maximum atomic E-state index is 14.5. The molecule has 42 heavy (non-hydrogen) atoms. The van der Waals surface area contributed by atoms with Gasteiger partial charge in [0, 0.05) is 28.8 Å². The van der Waals surface area contributed by atoms with Crippen LogP contribution in [0.2, 0.25) is 0 Å². The lowest BCUT2D eigenvalue weighted by atomic mass is 9.61. The molecule has 6 nitrogen and oxygen atoms in total. The Kier molecular flexibility index (Phi) is 8.75. The Bertz CT molecular complexity index is 1540. The summed E-state index contributed by atoms with van der Waals surface area (Å²) in [6.45, 7) is 2.90. The number of hydrogen-bond donors (Lipinski definition) is 1. The molecule has 1 aromatic heterocycles. The van der Waals surface area contributed by atoms with Crippen LogP contribution in [0.4, 0.5) is 0 Å². The Morgan fingerprint density at radius 1 is 0.905 bits per heavy atom. The van der Waals surface area contributed by atoms with Crippen LogP contribution in [0.25, 0.3) is 5.70 Å². The molecule has 7 heteroatoms. The maximum Gasteiger partial charge on any atom is 0.322 e. The Morgan fingerprint density at radius 3 is 2.33 bits per heavy atom. The SMILES string of the molecule is CCOc1nnc(SCCc2ccccc2)n1C1=C(C(=O)NCc2ccccc2)C2(CCCCC2)Cc2ccccc21. The number of fused-ring (bicyclic) bond motifs is 1. The molecule has 0 radical (unpaired) electrons. The molecule has 1 heterocycles. The number of amides is 1. The number of carbonyl (C=O) groups is 1.